The zero-order chi connectivity index (χ0) is 17.0. The van der Waals surface area contributed by atoms with Gasteiger partial charge in [0.15, 0.2) is 11.8 Å². The lowest BCUT2D eigenvalue weighted by atomic mass is 10.1. The summed E-state index contributed by atoms with van der Waals surface area (Å²) in [4.78, 5) is 42.3. The van der Waals surface area contributed by atoms with E-state index in [-0.39, 0.29) is 5.71 Å². The fourth-order valence-electron chi connectivity index (χ4n) is 1.88. The number of aromatic amines is 1. The zero-order valence-electron chi connectivity index (χ0n) is 12.3. The molecule has 1 fully saturated rings. The van der Waals surface area contributed by atoms with Crippen molar-refractivity contribution >= 4 is 35.4 Å². The maximum Gasteiger partial charge on any atom is 0.304 e. The summed E-state index contributed by atoms with van der Waals surface area (Å²) in [7, 11) is 1.29. The summed E-state index contributed by atoms with van der Waals surface area (Å²) in [6.07, 6.45) is 0.617. The Labute approximate surface area is 135 Å². The molecule has 2 amide bonds. The van der Waals surface area contributed by atoms with E-state index in [1.54, 1.807) is 6.07 Å². The van der Waals surface area contributed by atoms with Crippen molar-refractivity contribution in [1.82, 2.24) is 15.6 Å². The molecule has 2 heterocycles. The molecule has 1 aromatic heterocycles. The van der Waals surface area contributed by atoms with Crippen molar-refractivity contribution < 1.29 is 24.0 Å². The molecule has 2 rings (SSSR count). The van der Waals surface area contributed by atoms with Crippen LogP contribution in [-0.4, -0.2) is 47.9 Å². The third-order valence-corrected chi connectivity index (χ3v) is 3.39. The lowest BCUT2D eigenvalue weighted by Crippen LogP contribution is -2.70. The Balaban J connectivity index is 2.11. The second-order valence-corrected chi connectivity index (χ2v) is 5.16. The third-order valence-electron chi connectivity index (χ3n) is 2.90. The van der Waals surface area contributed by atoms with Crippen LogP contribution in [0.1, 0.15) is 12.5 Å². The van der Waals surface area contributed by atoms with Crippen LogP contribution in [0.5, 0.6) is 0 Å². The predicted octanol–water partition coefficient (Wildman–Crippen LogP) is -1.17. The molecule has 2 atom stereocenters. The van der Waals surface area contributed by atoms with Gasteiger partial charge in [0.25, 0.3) is 11.8 Å². The van der Waals surface area contributed by atoms with Gasteiger partial charge in [0, 0.05) is 18.7 Å². The monoisotopic (exact) mass is 341 g/mol. The normalized spacial score (nSPS) is 20.3. The van der Waals surface area contributed by atoms with Crippen molar-refractivity contribution in [2.24, 2.45) is 10.3 Å². The highest BCUT2D eigenvalue weighted by Crippen LogP contribution is 2.14. The lowest BCUT2D eigenvalue weighted by molar-refractivity contribution is -0.163. The number of hydrogen-bond donors (Lipinski definition) is 4. The Morgan fingerprint density at radius 3 is 2.74 bits per heavy atom. The number of rotatable bonds is 6. The van der Waals surface area contributed by atoms with Crippen LogP contribution in [0.25, 0.3) is 0 Å². The molecule has 0 saturated carbocycles. The third kappa shape index (κ3) is 3.81. The number of carbonyl (C=O) groups is 3. The number of esters is 1. The fourth-order valence-corrected chi connectivity index (χ4v) is 2.20. The number of hydrogen-bond acceptors (Lipinski definition) is 8. The van der Waals surface area contributed by atoms with Gasteiger partial charge in [-0.25, -0.2) is 0 Å². The van der Waals surface area contributed by atoms with Crippen LogP contribution in [0.2, 0.25) is 0 Å². The molecule has 0 bridgehead atoms. The van der Waals surface area contributed by atoms with Crippen LogP contribution in [0, 0.1) is 0 Å². The van der Waals surface area contributed by atoms with Gasteiger partial charge in [-0.15, -0.1) is 0 Å². The van der Waals surface area contributed by atoms with Crippen molar-refractivity contribution in [2.45, 2.75) is 24.2 Å². The first-order chi connectivity index (χ1) is 11.0. The van der Waals surface area contributed by atoms with Gasteiger partial charge in [0.05, 0.1) is 5.03 Å². The van der Waals surface area contributed by atoms with Gasteiger partial charge in [-0.1, -0.05) is 5.16 Å². The average Bonchev–Trinajstić information content (AvgIpc) is 2.98. The predicted molar refractivity (Wildman–Crippen MR) is 80.0 cm³/mol. The molecule has 23 heavy (non-hydrogen) atoms. The van der Waals surface area contributed by atoms with E-state index < -0.39 is 30.1 Å². The van der Waals surface area contributed by atoms with Crippen molar-refractivity contribution in [3.63, 3.8) is 0 Å². The maximum atomic E-state index is 12.3. The van der Waals surface area contributed by atoms with E-state index in [4.69, 9.17) is 9.88 Å². The summed E-state index contributed by atoms with van der Waals surface area (Å²) in [6.45, 7) is 1.20. The summed E-state index contributed by atoms with van der Waals surface area (Å²) in [5, 5.41) is 14.5. The second kappa shape index (κ2) is 7.15. The van der Waals surface area contributed by atoms with E-state index in [0.29, 0.717) is 10.6 Å². The van der Waals surface area contributed by atoms with Crippen molar-refractivity contribution in [3.8, 4) is 0 Å². The fraction of sp³-hybridized carbons (Fsp3) is 0.333. The SMILES string of the molecule is CON=C(C(=O)N[C@@H]1C(=O)N[C@H]1OC(C)=O)c1c[nH]c(SN)c1. The quantitative estimate of drug-likeness (QED) is 0.168. The summed E-state index contributed by atoms with van der Waals surface area (Å²) in [5.41, 5.74) is 0.381. The Hall–Kier alpha value is -2.53. The van der Waals surface area contributed by atoms with Crippen molar-refractivity contribution in [1.29, 1.82) is 0 Å². The van der Waals surface area contributed by atoms with Crippen LogP contribution in [0.15, 0.2) is 22.4 Å². The summed E-state index contributed by atoms with van der Waals surface area (Å²) in [5.74, 6) is -1.69. The number of nitrogens with zero attached hydrogens (tertiary/aromatic N) is 1. The van der Waals surface area contributed by atoms with E-state index in [0.717, 1.165) is 11.9 Å². The van der Waals surface area contributed by atoms with Crippen molar-refractivity contribution in [3.05, 3.63) is 17.8 Å². The molecule has 1 aliphatic rings. The smallest absolute Gasteiger partial charge is 0.304 e. The molecule has 0 unspecified atom stereocenters. The van der Waals surface area contributed by atoms with Gasteiger partial charge < -0.3 is 25.2 Å². The van der Waals surface area contributed by atoms with Gasteiger partial charge >= 0.3 is 5.97 Å². The summed E-state index contributed by atoms with van der Waals surface area (Å²) < 4.78 is 4.85. The number of ether oxygens (including phenoxy) is 1. The first-order valence-electron chi connectivity index (χ1n) is 6.41. The minimum absolute atomic E-state index is 0.0506. The second-order valence-electron chi connectivity index (χ2n) is 4.48. The molecule has 1 aliphatic heterocycles. The number of aromatic nitrogens is 1. The zero-order valence-corrected chi connectivity index (χ0v) is 13.1. The molecule has 0 aromatic carbocycles. The Kier molecular flexibility index (Phi) is 5.24. The number of nitrogens with one attached hydrogen (secondary N) is 3. The highest BCUT2D eigenvalue weighted by Gasteiger charge is 2.43. The van der Waals surface area contributed by atoms with E-state index in [1.165, 1.54) is 20.2 Å². The number of nitrogens with two attached hydrogens (primary N) is 1. The van der Waals surface area contributed by atoms with Gasteiger partial charge in [-0.3, -0.25) is 19.5 Å². The first kappa shape index (κ1) is 16.8. The lowest BCUT2D eigenvalue weighted by Gasteiger charge is -2.35. The molecule has 1 aromatic rings. The Morgan fingerprint density at radius 1 is 1.48 bits per heavy atom. The van der Waals surface area contributed by atoms with E-state index >= 15 is 0 Å². The number of amides is 2. The highest BCUT2D eigenvalue weighted by molar-refractivity contribution is 7.97. The van der Waals surface area contributed by atoms with E-state index in [9.17, 15) is 14.4 Å². The Morgan fingerprint density at radius 2 is 2.22 bits per heavy atom. The first-order valence-corrected chi connectivity index (χ1v) is 7.29. The van der Waals surface area contributed by atoms with Gasteiger partial charge in [-0.05, 0) is 18.0 Å². The summed E-state index contributed by atoms with van der Waals surface area (Å²) in [6, 6.07) is 0.614. The minimum atomic E-state index is -0.990. The van der Waals surface area contributed by atoms with Gasteiger partial charge in [0.1, 0.15) is 7.11 Å². The average molecular weight is 341 g/mol. The molecule has 11 heteroatoms. The topological polar surface area (TPSA) is 148 Å². The van der Waals surface area contributed by atoms with Crippen LogP contribution < -0.4 is 15.8 Å². The molecule has 0 aliphatic carbocycles. The number of oxime groups is 1. The van der Waals surface area contributed by atoms with Crippen LogP contribution in [0.4, 0.5) is 0 Å². The van der Waals surface area contributed by atoms with Crippen molar-refractivity contribution in [2.75, 3.05) is 7.11 Å². The summed E-state index contributed by atoms with van der Waals surface area (Å²) >= 11 is 0.969. The largest absolute Gasteiger partial charge is 0.439 e. The van der Waals surface area contributed by atoms with Gasteiger partial charge in [-0.2, -0.15) is 0 Å². The number of carbonyl (C=O) groups excluding carboxylic acids is 3. The Bertz CT molecular complexity index is 658. The molecular weight excluding hydrogens is 326 g/mol. The molecule has 0 spiro atoms. The molecule has 10 nitrogen and oxygen atoms in total. The molecule has 124 valence electrons. The highest BCUT2D eigenvalue weighted by atomic mass is 32.2. The van der Waals surface area contributed by atoms with Gasteiger partial charge in [0.2, 0.25) is 6.23 Å². The number of H-pyrrole nitrogens is 1. The van der Waals surface area contributed by atoms with E-state index in [1.807, 2.05) is 0 Å². The minimum Gasteiger partial charge on any atom is -0.439 e. The van der Waals surface area contributed by atoms with Crippen LogP contribution >= 0.6 is 11.9 Å². The van der Waals surface area contributed by atoms with Crippen LogP contribution in [0.3, 0.4) is 0 Å². The maximum absolute atomic E-state index is 12.3. The number of β-lactam (4-membered cyclic amide) rings is 1. The molecule has 5 N–H and O–H groups in total. The van der Waals surface area contributed by atoms with E-state index in [2.05, 4.69) is 25.6 Å². The van der Waals surface area contributed by atoms with Crippen LogP contribution in [-0.2, 0) is 24.0 Å². The molecular formula is C12H15N5O5S. The standard InChI is InChI=1S/C12H15N5O5S/c1-5(18)22-12-9(11(20)16-12)15-10(19)8(17-21-2)6-3-7(23-13)14-4-6/h3-4,9,12,14H,13H2,1-2H3,(H,15,19)(H,16,20)/t9-,12+/m1/s1. The molecule has 0 radical (unpaired) electrons. The molecule has 1 saturated heterocycles.